The summed E-state index contributed by atoms with van der Waals surface area (Å²) in [5.41, 5.74) is 5.93. The topological polar surface area (TPSA) is 67.5 Å². The monoisotopic (exact) mass is 230 g/mol. The lowest BCUT2D eigenvalue weighted by Crippen LogP contribution is -2.58. The van der Waals surface area contributed by atoms with Crippen LogP contribution in [0.2, 0.25) is 0 Å². The molecule has 1 saturated carbocycles. The van der Waals surface area contributed by atoms with E-state index in [-0.39, 0.29) is 12.1 Å². The number of methoxy groups -OCH3 is 1. The molecule has 0 amide bonds. The maximum absolute atomic E-state index is 8.93. The summed E-state index contributed by atoms with van der Waals surface area (Å²) in [5.74, 6) is 0. The van der Waals surface area contributed by atoms with E-state index < -0.39 is 0 Å². The van der Waals surface area contributed by atoms with Gasteiger partial charge >= 0.3 is 0 Å². The Labute approximate surface area is 98.5 Å². The van der Waals surface area contributed by atoms with Crippen LogP contribution in [0.5, 0.6) is 0 Å². The highest BCUT2D eigenvalue weighted by Crippen LogP contribution is 2.29. The highest BCUT2D eigenvalue weighted by Gasteiger charge is 2.35. The SMILES string of the molecule is COC1CCCC(CN)(NC(C)CCO)C1. The predicted molar refractivity (Wildman–Crippen MR) is 65.4 cm³/mol. The van der Waals surface area contributed by atoms with Crippen molar-refractivity contribution in [2.24, 2.45) is 5.73 Å². The summed E-state index contributed by atoms with van der Waals surface area (Å²) in [5, 5.41) is 12.5. The summed E-state index contributed by atoms with van der Waals surface area (Å²) >= 11 is 0. The van der Waals surface area contributed by atoms with E-state index in [1.807, 2.05) is 0 Å². The van der Waals surface area contributed by atoms with E-state index in [9.17, 15) is 0 Å². The number of aliphatic hydroxyl groups excluding tert-OH is 1. The molecule has 1 fully saturated rings. The second-order valence-electron chi connectivity index (χ2n) is 5.00. The van der Waals surface area contributed by atoms with Crippen molar-refractivity contribution in [3.8, 4) is 0 Å². The zero-order valence-corrected chi connectivity index (χ0v) is 10.5. The molecule has 0 radical (unpaired) electrons. The molecule has 1 aliphatic carbocycles. The van der Waals surface area contributed by atoms with Crippen LogP contribution in [0.25, 0.3) is 0 Å². The average Bonchev–Trinajstić information content (AvgIpc) is 2.29. The number of nitrogens with two attached hydrogens (primary N) is 1. The molecular formula is C12H26N2O2. The molecule has 4 heteroatoms. The minimum Gasteiger partial charge on any atom is -0.396 e. The number of aliphatic hydroxyl groups is 1. The Bertz CT molecular complexity index is 201. The minimum absolute atomic E-state index is 0.00745. The molecule has 16 heavy (non-hydrogen) atoms. The van der Waals surface area contributed by atoms with Crippen molar-refractivity contribution >= 4 is 0 Å². The van der Waals surface area contributed by atoms with E-state index >= 15 is 0 Å². The molecule has 0 aromatic rings. The Balaban J connectivity index is 2.54. The fourth-order valence-electron chi connectivity index (χ4n) is 2.67. The van der Waals surface area contributed by atoms with Crippen molar-refractivity contribution < 1.29 is 9.84 Å². The molecule has 4 N–H and O–H groups in total. The Morgan fingerprint density at radius 3 is 2.94 bits per heavy atom. The van der Waals surface area contributed by atoms with Crippen molar-refractivity contribution in [1.82, 2.24) is 5.32 Å². The van der Waals surface area contributed by atoms with Gasteiger partial charge in [0.15, 0.2) is 0 Å². The first-order valence-electron chi connectivity index (χ1n) is 6.27. The van der Waals surface area contributed by atoms with Gasteiger partial charge in [-0.15, -0.1) is 0 Å². The Kier molecular flexibility index (Phi) is 5.69. The van der Waals surface area contributed by atoms with Crippen molar-refractivity contribution in [3.05, 3.63) is 0 Å². The quantitative estimate of drug-likeness (QED) is 0.626. The van der Waals surface area contributed by atoms with Gasteiger partial charge in [0.05, 0.1) is 6.10 Å². The lowest BCUT2D eigenvalue weighted by molar-refractivity contribution is 0.0289. The maximum atomic E-state index is 8.93. The van der Waals surface area contributed by atoms with Gasteiger partial charge in [0, 0.05) is 31.8 Å². The first kappa shape index (κ1) is 13.9. The standard InChI is InChI=1S/C12H26N2O2/c1-10(5-7-15)14-12(9-13)6-3-4-11(8-12)16-2/h10-11,14-15H,3-9,13H2,1-2H3. The number of rotatable bonds is 6. The molecule has 0 saturated heterocycles. The van der Waals surface area contributed by atoms with Gasteiger partial charge in [0.25, 0.3) is 0 Å². The van der Waals surface area contributed by atoms with Gasteiger partial charge in [-0.05, 0) is 39.0 Å². The highest BCUT2D eigenvalue weighted by molar-refractivity contribution is 4.96. The zero-order valence-electron chi connectivity index (χ0n) is 10.5. The van der Waals surface area contributed by atoms with Crippen LogP contribution >= 0.6 is 0 Å². The molecule has 0 bridgehead atoms. The van der Waals surface area contributed by atoms with Gasteiger partial charge in [0.2, 0.25) is 0 Å². The molecule has 0 aromatic heterocycles. The summed E-state index contributed by atoms with van der Waals surface area (Å²) < 4.78 is 5.44. The Morgan fingerprint density at radius 1 is 1.62 bits per heavy atom. The third-order valence-corrected chi connectivity index (χ3v) is 3.64. The maximum Gasteiger partial charge on any atom is 0.0589 e. The summed E-state index contributed by atoms with van der Waals surface area (Å²) in [4.78, 5) is 0. The summed E-state index contributed by atoms with van der Waals surface area (Å²) in [6, 6.07) is 0.309. The number of hydrogen-bond acceptors (Lipinski definition) is 4. The van der Waals surface area contributed by atoms with Gasteiger partial charge < -0.3 is 20.9 Å². The van der Waals surface area contributed by atoms with Crippen molar-refractivity contribution in [1.29, 1.82) is 0 Å². The van der Waals surface area contributed by atoms with Crippen molar-refractivity contribution in [2.45, 2.75) is 56.7 Å². The highest BCUT2D eigenvalue weighted by atomic mass is 16.5. The van der Waals surface area contributed by atoms with Crippen LogP contribution in [0.1, 0.15) is 39.0 Å². The van der Waals surface area contributed by atoms with E-state index in [0.29, 0.717) is 18.7 Å². The molecular weight excluding hydrogens is 204 g/mol. The lowest BCUT2D eigenvalue weighted by Gasteiger charge is -2.42. The molecule has 3 unspecified atom stereocenters. The third-order valence-electron chi connectivity index (χ3n) is 3.64. The van der Waals surface area contributed by atoms with Crippen LogP contribution in [0.4, 0.5) is 0 Å². The van der Waals surface area contributed by atoms with Gasteiger partial charge in [0.1, 0.15) is 0 Å². The Hall–Kier alpha value is -0.160. The molecule has 3 atom stereocenters. The van der Waals surface area contributed by atoms with Crippen molar-refractivity contribution in [3.63, 3.8) is 0 Å². The fraction of sp³-hybridized carbons (Fsp3) is 1.00. The van der Waals surface area contributed by atoms with Crippen LogP contribution in [0.3, 0.4) is 0 Å². The van der Waals surface area contributed by atoms with E-state index in [1.54, 1.807) is 7.11 Å². The normalized spacial score (nSPS) is 32.6. The van der Waals surface area contributed by atoms with Crippen LogP contribution in [0.15, 0.2) is 0 Å². The van der Waals surface area contributed by atoms with Crippen LogP contribution in [0, 0.1) is 0 Å². The molecule has 4 nitrogen and oxygen atoms in total. The predicted octanol–water partition coefficient (Wildman–Crippen LogP) is 0.633. The van der Waals surface area contributed by atoms with Gasteiger partial charge in [-0.25, -0.2) is 0 Å². The fourth-order valence-corrected chi connectivity index (χ4v) is 2.67. The second kappa shape index (κ2) is 6.55. The van der Waals surface area contributed by atoms with Gasteiger partial charge in [-0.3, -0.25) is 0 Å². The minimum atomic E-state index is 0.00745. The van der Waals surface area contributed by atoms with Crippen LogP contribution in [-0.2, 0) is 4.74 Å². The molecule has 96 valence electrons. The summed E-state index contributed by atoms with van der Waals surface area (Å²) in [7, 11) is 1.77. The number of nitrogens with one attached hydrogen (secondary N) is 1. The summed E-state index contributed by atoms with van der Waals surface area (Å²) in [6.07, 6.45) is 5.49. The van der Waals surface area contributed by atoms with E-state index in [1.165, 1.54) is 0 Å². The third kappa shape index (κ3) is 3.70. The van der Waals surface area contributed by atoms with Crippen LogP contribution in [-0.4, -0.2) is 43.1 Å². The summed E-state index contributed by atoms with van der Waals surface area (Å²) in [6.45, 7) is 2.97. The van der Waals surface area contributed by atoms with E-state index in [0.717, 1.165) is 32.1 Å². The van der Waals surface area contributed by atoms with Crippen molar-refractivity contribution in [2.75, 3.05) is 20.3 Å². The molecule has 1 aliphatic rings. The van der Waals surface area contributed by atoms with Crippen LogP contribution < -0.4 is 11.1 Å². The molecule has 0 aliphatic heterocycles. The van der Waals surface area contributed by atoms with E-state index in [4.69, 9.17) is 15.6 Å². The second-order valence-corrected chi connectivity index (χ2v) is 5.00. The smallest absolute Gasteiger partial charge is 0.0589 e. The van der Waals surface area contributed by atoms with Gasteiger partial charge in [-0.1, -0.05) is 0 Å². The molecule has 0 aromatic carbocycles. The molecule has 1 rings (SSSR count). The zero-order chi connectivity index (χ0) is 12.0. The first-order valence-corrected chi connectivity index (χ1v) is 6.27. The largest absolute Gasteiger partial charge is 0.396 e. The molecule has 0 spiro atoms. The van der Waals surface area contributed by atoms with E-state index in [2.05, 4.69) is 12.2 Å². The van der Waals surface area contributed by atoms with Gasteiger partial charge in [-0.2, -0.15) is 0 Å². The lowest BCUT2D eigenvalue weighted by atomic mass is 9.79. The first-order chi connectivity index (χ1) is 7.65. The number of hydrogen-bond donors (Lipinski definition) is 3. The Morgan fingerprint density at radius 2 is 2.38 bits per heavy atom. The number of ether oxygens (including phenoxy) is 1. The average molecular weight is 230 g/mol. The molecule has 0 heterocycles.